The SMILES string of the molecule is COc1cccc(N2CC(Cc3ccccc3)N(CCC(=O)O)CC2=O)c1. The van der Waals surface area contributed by atoms with Crippen molar-refractivity contribution in [3.8, 4) is 5.75 Å². The molecule has 2 aromatic carbocycles. The van der Waals surface area contributed by atoms with Gasteiger partial charge in [0.25, 0.3) is 0 Å². The van der Waals surface area contributed by atoms with Crippen LogP contribution in [0.4, 0.5) is 5.69 Å². The molecule has 1 unspecified atom stereocenters. The third-order valence-electron chi connectivity index (χ3n) is 4.84. The molecule has 142 valence electrons. The molecule has 6 heteroatoms. The number of aliphatic carboxylic acids is 1. The van der Waals surface area contributed by atoms with Crippen LogP contribution in [0.25, 0.3) is 0 Å². The highest BCUT2D eigenvalue weighted by atomic mass is 16.5. The minimum Gasteiger partial charge on any atom is -0.497 e. The van der Waals surface area contributed by atoms with Crippen molar-refractivity contribution in [3.05, 3.63) is 60.2 Å². The van der Waals surface area contributed by atoms with Gasteiger partial charge in [-0.15, -0.1) is 0 Å². The van der Waals surface area contributed by atoms with Gasteiger partial charge in [0.15, 0.2) is 0 Å². The monoisotopic (exact) mass is 368 g/mol. The number of nitrogens with zero attached hydrogens (tertiary/aromatic N) is 2. The molecule has 0 aromatic heterocycles. The van der Waals surface area contributed by atoms with Gasteiger partial charge in [-0.3, -0.25) is 14.5 Å². The molecule has 3 rings (SSSR count). The summed E-state index contributed by atoms with van der Waals surface area (Å²) >= 11 is 0. The van der Waals surface area contributed by atoms with E-state index in [2.05, 4.69) is 12.1 Å². The van der Waals surface area contributed by atoms with E-state index in [1.165, 1.54) is 5.56 Å². The van der Waals surface area contributed by atoms with E-state index < -0.39 is 5.97 Å². The van der Waals surface area contributed by atoms with Crippen LogP contribution in [-0.4, -0.2) is 54.7 Å². The lowest BCUT2D eigenvalue weighted by Crippen LogP contribution is -2.57. The highest BCUT2D eigenvalue weighted by molar-refractivity contribution is 5.96. The van der Waals surface area contributed by atoms with Crippen molar-refractivity contribution in [2.75, 3.05) is 31.6 Å². The highest BCUT2D eigenvalue weighted by Crippen LogP contribution is 2.25. The summed E-state index contributed by atoms with van der Waals surface area (Å²) in [5.41, 5.74) is 1.97. The molecule has 1 N–H and O–H groups in total. The summed E-state index contributed by atoms with van der Waals surface area (Å²) in [6.07, 6.45) is 0.784. The van der Waals surface area contributed by atoms with Crippen LogP contribution in [0.3, 0.4) is 0 Å². The van der Waals surface area contributed by atoms with E-state index in [1.807, 2.05) is 47.4 Å². The molecule has 1 fully saturated rings. The summed E-state index contributed by atoms with van der Waals surface area (Å²) in [5, 5.41) is 9.04. The second kappa shape index (κ2) is 8.68. The molecular weight excluding hydrogens is 344 g/mol. The Hall–Kier alpha value is -2.86. The number of carbonyl (C=O) groups is 2. The van der Waals surface area contributed by atoms with Crippen LogP contribution in [0.15, 0.2) is 54.6 Å². The summed E-state index contributed by atoms with van der Waals surface area (Å²) < 4.78 is 5.28. The maximum absolute atomic E-state index is 12.7. The van der Waals surface area contributed by atoms with Gasteiger partial charge >= 0.3 is 5.97 Å². The second-order valence-corrected chi connectivity index (χ2v) is 6.66. The van der Waals surface area contributed by atoms with E-state index in [0.717, 1.165) is 12.1 Å². The average Bonchev–Trinajstić information content (AvgIpc) is 2.68. The van der Waals surface area contributed by atoms with Gasteiger partial charge in [-0.1, -0.05) is 36.4 Å². The Balaban J connectivity index is 1.82. The number of hydrogen-bond donors (Lipinski definition) is 1. The van der Waals surface area contributed by atoms with Crippen molar-refractivity contribution in [1.29, 1.82) is 0 Å². The molecule has 0 aliphatic carbocycles. The Labute approximate surface area is 159 Å². The fraction of sp³-hybridized carbons (Fsp3) is 0.333. The van der Waals surface area contributed by atoms with E-state index in [4.69, 9.17) is 9.84 Å². The zero-order valence-electron chi connectivity index (χ0n) is 15.4. The summed E-state index contributed by atoms with van der Waals surface area (Å²) in [6.45, 7) is 1.09. The molecule has 1 aliphatic rings. The number of rotatable bonds is 7. The highest BCUT2D eigenvalue weighted by Gasteiger charge is 2.33. The third-order valence-corrected chi connectivity index (χ3v) is 4.84. The smallest absolute Gasteiger partial charge is 0.304 e. The molecule has 1 heterocycles. The first kappa shape index (κ1) is 18.9. The number of benzene rings is 2. The van der Waals surface area contributed by atoms with Gasteiger partial charge in [0.05, 0.1) is 20.1 Å². The number of carboxylic acids is 1. The lowest BCUT2D eigenvalue weighted by Gasteiger charge is -2.41. The number of carboxylic acid groups (broad SMARTS) is 1. The third kappa shape index (κ3) is 4.86. The average molecular weight is 368 g/mol. The van der Waals surface area contributed by atoms with E-state index >= 15 is 0 Å². The van der Waals surface area contributed by atoms with Crippen molar-refractivity contribution >= 4 is 17.6 Å². The molecule has 0 bridgehead atoms. The maximum atomic E-state index is 12.7. The number of anilines is 1. The molecule has 27 heavy (non-hydrogen) atoms. The molecule has 0 radical (unpaired) electrons. The number of ether oxygens (including phenoxy) is 1. The quantitative estimate of drug-likeness (QED) is 0.813. The zero-order chi connectivity index (χ0) is 19.2. The van der Waals surface area contributed by atoms with Gasteiger partial charge in [-0.05, 0) is 24.1 Å². The predicted molar refractivity (Wildman–Crippen MR) is 103 cm³/mol. The van der Waals surface area contributed by atoms with Gasteiger partial charge in [-0.25, -0.2) is 0 Å². The molecule has 2 aromatic rings. The van der Waals surface area contributed by atoms with Crippen LogP contribution in [0.1, 0.15) is 12.0 Å². The normalized spacial score (nSPS) is 17.7. The van der Waals surface area contributed by atoms with Crippen LogP contribution in [-0.2, 0) is 16.0 Å². The molecule has 0 spiro atoms. The van der Waals surface area contributed by atoms with Crippen molar-refractivity contribution < 1.29 is 19.4 Å². The Kier molecular flexibility index (Phi) is 6.08. The topological polar surface area (TPSA) is 70.1 Å². The fourth-order valence-corrected chi connectivity index (χ4v) is 3.42. The summed E-state index contributed by atoms with van der Waals surface area (Å²) in [5.74, 6) is -0.178. The minimum atomic E-state index is -0.851. The van der Waals surface area contributed by atoms with Crippen LogP contribution in [0, 0.1) is 0 Å². The first-order valence-corrected chi connectivity index (χ1v) is 9.01. The molecule has 1 aliphatic heterocycles. The van der Waals surface area contributed by atoms with Crippen LogP contribution in [0.5, 0.6) is 5.75 Å². The Morgan fingerprint density at radius 3 is 2.67 bits per heavy atom. The molecule has 1 amide bonds. The summed E-state index contributed by atoms with van der Waals surface area (Å²) in [6, 6.07) is 17.6. The van der Waals surface area contributed by atoms with E-state index in [1.54, 1.807) is 12.0 Å². The summed E-state index contributed by atoms with van der Waals surface area (Å²) in [7, 11) is 1.60. The molecule has 1 saturated heterocycles. The lowest BCUT2D eigenvalue weighted by molar-refractivity contribution is -0.138. The Morgan fingerprint density at radius 1 is 1.19 bits per heavy atom. The van der Waals surface area contributed by atoms with Crippen LogP contribution < -0.4 is 9.64 Å². The Morgan fingerprint density at radius 2 is 1.96 bits per heavy atom. The maximum Gasteiger partial charge on any atom is 0.304 e. The first-order valence-electron chi connectivity index (χ1n) is 9.01. The van der Waals surface area contributed by atoms with Crippen LogP contribution in [0.2, 0.25) is 0 Å². The van der Waals surface area contributed by atoms with Gasteiger partial charge in [0, 0.05) is 30.9 Å². The van der Waals surface area contributed by atoms with E-state index in [0.29, 0.717) is 18.8 Å². The molecule has 6 nitrogen and oxygen atoms in total. The lowest BCUT2D eigenvalue weighted by atomic mass is 10.0. The first-order chi connectivity index (χ1) is 13.1. The second-order valence-electron chi connectivity index (χ2n) is 6.66. The summed E-state index contributed by atoms with van der Waals surface area (Å²) in [4.78, 5) is 27.5. The number of piperazine rings is 1. The van der Waals surface area contributed by atoms with Crippen molar-refractivity contribution in [2.24, 2.45) is 0 Å². The number of carbonyl (C=O) groups excluding carboxylic acids is 1. The number of amides is 1. The number of methoxy groups -OCH3 is 1. The zero-order valence-corrected chi connectivity index (χ0v) is 15.4. The van der Waals surface area contributed by atoms with Gasteiger partial charge in [0.2, 0.25) is 5.91 Å². The standard InChI is InChI=1S/C21H24N2O4/c1-27-19-9-5-8-17(13-19)23-14-18(12-16-6-3-2-4-7-16)22(15-20(23)24)11-10-21(25)26/h2-9,13,18H,10-12,14-15H2,1H3,(H,25,26). The minimum absolute atomic E-state index is 0.0255. The molecule has 0 saturated carbocycles. The largest absolute Gasteiger partial charge is 0.497 e. The fourth-order valence-electron chi connectivity index (χ4n) is 3.42. The van der Waals surface area contributed by atoms with Crippen LogP contribution >= 0.6 is 0 Å². The van der Waals surface area contributed by atoms with Gasteiger partial charge < -0.3 is 14.7 Å². The Bertz CT molecular complexity index is 794. The number of hydrogen-bond acceptors (Lipinski definition) is 4. The van der Waals surface area contributed by atoms with Crippen molar-refractivity contribution in [2.45, 2.75) is 18.9 Å². The molecule has 1 atom stereocenters. The predicted octanol–water partition coefficient (Wildman–Crippen LogP) is 2.43. The van der Waals surface area contributed by atoms with Gasteiger partial charge in [-0.2, -0.15) is 0 Å². The van der Waals surface area contributed by atoms with Crippen molar-refractivity contribution in [1.82, 2.24) is 4.90 Å². The van der Waals surface area contributed by atoms with Crippen molar-refractivity contribution in [3.63, 3.8) is 0 Å². The molecular formula is C21H24N2O4. The van der Waals surface area contributed by atoms with E-state index in [9.17, 15) is 9.59 Å². The van der Waals surface area contributed by atoms with Gasteiger partial charge in [0.1, 0.15) is 5.75 Å². The van der Waals surface area contributed by atoms with E-state index in [-0.39, 0.29) is 24.9 Å².